The quantitative estimate of drug-likeness (QED) is 0.776. The van der Waals surface area contributed by atoms with Crippen LogP contribution in [-0.4, -0.2) is 44.0 Å². The number of anilines is 1. The molecule has 6 heteroatoms. The van der Waals surface area contributed by atoms with Crippen molar-refractivity contribution in [2.24, 2.45) is 0 Å². The fourth-order valence-corrected chi connectivity index (χ4v) is 1.58. The lowest BCUT2D eigenvalue weighted by atomic mass is 10.1. The SMILES string of the molecule is COc1cc(C(=O)NC(C)C(=O)N(C)C)ccc1N. The summed E-state index contributed by atoms with van der Waals surface area (Å²) in [5.41, 5.74) is 6.52. The van der Waals surface area contributed by atoms with E-state index in [0.717, 1.165) is 0 Å². The molecule has 6 nitrogen and oxygen atoms in total. The Morgan fingerprint density at radius 3 is 2.53 bits per heavy atom. The molecule has 0 saturated carbocycles. The maximum absolute atomic E-state index is 12.0. The molecule has 0 bridgehead atoms. The first kappa shape index (κ1) is 14.8. The van der Waals surface area contributed by atoms with Gasteiger partial charge in [0.15, 0.2) is 0 Å². The highest BCUT2D eigenvalue weighted by Gasteiger charge is 2.18. The number of rotatable bonds is 4. The lowest BCUT2D eigenvalue weighted by Gasteiger charge is -2.18. The molecule has 0 saturated heterocycles. The number of amides is 2. The summed E-state index contributed by atoms with van der Waals surface area (Å²) in [5.74, 6) is -0.0870. The third-order valence-corrected chi connectivity index (χ3v) is 2.65. The van der Waals surface area contributed by atoms with E-state index in [0.29, 0.717) is 17.0 Å². The van der Waals surface area contributed by atoms with Crippen LogP contribution in [0.1, 0.15) is 17.3 Å². The standard InChI is InChI=1S/C13H19N3O3/c1-8(13(18)16(2)3)15-12(17)9-5-6-10(14)11(7-9)19-4/h5-8H,14H2,1-4H3,(H,15,17). The van der Waals surface area contributed by atoms with Crippen molar-refractivity contribution >= 4 is 17.5 Å². The minimum absolute atomic E-state index is 0.171. The molecule has 0 fully saturated rings. The Balaban J connectivity index is 2.81. The number of ether oxygens (including phenoxy) is 1. The van der Waals surface area contributed by atoms with Crippen LogP contribution in [-0.2, 0) is 4.79 Å². The molecule has 1 atom stereocenters. The first-order valence-corrected chi connectivity index (χ1v) is 5.82. The molecular weight excluding hydrogens is 246 g/mol. The van der Waals surface area contributed by atoms with Gasteiger partial charge in [-0.25, -0.2) is 0 Å². The zero-order valence-electron chi connectivity index (χ0n) is 11.6. The summed E-state index contributed by atoms with van der Waals surface area (Å²) in [5, 5.41) is 2.62. The van der Waals surface area contributed by atoms with Gasteiger partial charge in [-0.2, -0.15) is 0 Å². The Morgan fingerprint density at radius 1 is 1.37 bits per heavy atom. The molecule has 1 rings (SSSR count). The van der Waals surface area contributed by atoms with E-state index < -0.39 is 6.04 Å². The van der Waals surface area contributed by atoms with Crippen molar-refractivity contribution in [3.8, 4) is 5.75 Å². The number of hydrogen-bond donors (Lipinski definition) is 2. The van der Waals surface area contributed by atoms with Crippen molar-refractivity contribution in [1.82, 2.24) is 10.2 Å². The first-order valence-electron chi connectivity index (χ1n) is 5.82. The van der Waals surface area contributed by atoms with E-state index in [9.17, 15) is 9.59 Å². The predicted octanol–water partition coefficient (Wildman–Crippen LogP) is 0.484. The van der Waals surface area contributed by atoms with Crippen LogP contribution in [0.25, 0.3) is 0 Å². The van der Waals surface area contributed by atoms with Gasteiger partial charge in [0.25, 0.3) is 5.91 Å². The lowest BCUT2D eigenvalue weighted by molar-refractivity contribution is -0.130. The van der Waals surface area contributed by atoms with Gasteiger partial charge in [-0.1, -0.05) is 0 Å². The number of carbonyl (C=O) groups excluding carboxylic acids is 2. The van der Waals surface area contributed by atoms with Crippen molar-refractivity contribution in [1.29, 1.82) is 0 Å². The van der Waals surface area contributed by atoms with Gasteiger partial charge < -0.3 is 20.7 Å². The van der Waals surface area contributed by atoms with Crippen LogP contribution in [0.4, 0.5) is 5.69 Å². The highest BCUT2D eigenvalue weighted by Crippen LogP contribution is 2.22. The average molecular weight is 265 g/mol. The molecule has 0 aliphatic heterocycles. The van der Waals surface area contributed by atoms with Crippen molar-refractivity contribution in [2.75, 3.05) is 26.9 Å². The minimum Gasteiger partial charge on any atom is -0.495 e. The van der Waals surface area contributed by atoms with Gasteiger partial charge in [0, 0.05) is 19.7 Å². The van der Waals surface area contributed by atoms with E-state index in [1.807, 2.05) is 0 Å². The second-order valence-electron chi connectivity index (χ2n) is 4.38. The van der Waals surface area contributed by atoms with Crippen molar-refractivity contribution in [2.45, 2.75) is 13.0 Å². The average Bonchev–Trinajstić information content (AvgIpc) is 2.37. The van der Waals surface area contributed by atoms with E-state index in [1.54, 1.807) is 33.2 Å². The number of nitrogens with two attached hydrogens (primary N) is 1. The van der Waals surface area contributed by atoms with E-state index in [2.05, 4.69) is 5.32 Å². The van der Waals surface area contributed by atoms with Crippen LogP contribution < -0.4 is 15.8 Å². The Kier molecular flexibility index (Phi) is 4.74. The number of nitrogens with one attached hydrogen (secondary N) is 1. The predicted molar refractivity (Wildman–Crippen MR) is 73.0 cm³/mol. The van der Waals surface area contributed by atoms with Crippen LogP contribution in [0.2, 0.25) is 0 Å². The molecule has 0 aromatic heterocycles. The van der Waals surface area contributed by atoms with Gasteiger partial charge in [-0.05, 0) is 25.1 Å². The van der Waals surface area contributed by atoms with E-state index >= 15 is 0 Å². The molecule has 104 valence electrons. The van der Waals surface area contributed by atoms with Crippen LogP contribution in [0.15, 0.2) is 18.2 Å². The zero-order chi connectivity index (χ0) is 14.6. The van der Waals surface area contributed by atoms with Crippen LogP contribution in [0.5, 0.6) is 5.75 Å². The normalized spacial score (nSPS) is 11.6. The van der Waals surface area contributed by atoms with Gasteiger partial charge in [-0.15, -0.1) is 0 Å². The van der Waals surface area contributed by atoms with Crippen molar-refractivity contribution < 1.29 is 14.3 Å². The largest absolute Gasteiger partial charge is 0.495 e. The number of benzene rings is 1. The number of nitrogens with zero attached hydrogens (tertiary/aromatic N) is 1. The van der Waals surface area contributed by atoms with E-state index in [4.69, 9.17) is 10.5 Å². The van der Waals surface area contributed by atoms with Crippen LogP contribution in [0, 0.1) is 0 Å². The molecule has 19 heavy (non-hydrogen) atoms. The summed E-state index contributed by atoms with van der Waals surface area (Å²) >= 11 is 0. The van der Waals surface area contributed by atoms with Gasteiger partial charge in [-0.3, -0.25) is 9.59 Å². The van der Waals surface area contributed by atoms with E-state index in [1.165, 1.54) is 18.1 Å². The number of hydrogen-bond acceptors (Lipinski definition) is 4. The molecule has 1 aromatic carbocycles. The van der Waals surface area contributed by atoms with Crippen LogP contribution >= 0.6 is 0 Å². The number of nitrogen functional groups attached to an aromatic ring is 1. The second kappa shape index (κ2) is 6.08. The number of carbonyl (C=O) groups is 2. The summed E-state index contributed by atoms with van der Waals surface area (Å²) in [6.07, 6.45) is 0. The summed E-state index contributed by atoms with van der Waals surface area (Å²) in [7, 11) is 4.75. The first-order chi connectivity index (χ1) is 8.86. The molecular formula is C13H19N3O3. The van der Waals surface area contributed by atoms with Crippen molar-refractivity contribution in [3.05, 3.63) is 23.8 Å². The number of likely N-dealkylation sites (N-methyl/N-ethyl adjacent to an activating group) is 1. The van der Waals surface area contributed by atoms with Gasteiger partial charge in [0.1, 0.15) is 11.8 Å². The third kappa shape index (κ3) is 3.61. The summed E-state index contributed by atoms with van der Waals surface area (Å²) < 4.78 is 5.05. The number of methoxy groups -OCH3 is 1. The monoisotopic (exact) mass is 265 g/mol. The summed E-state index contributed by atoms with van der Waals surface area (Å²) in [4.78, 5) is 25.1. The van der Waals surface area contributed by atoms with Gasteiger partial charge in [0.05, 0.1) is 12.8 Å². The highest BCUT2D eigenvalue weighted by atomic mass is 16.5. The molecule has 0 aliphatic carbocycles. The molecule has 0 radical (unpaired) electrons. The van der Waals surface area contributed by atoms with Gasteiger partial charge in [0.2, 0.25) is 5.91 Å². The Hall–Kier alpha value is -2.24. The van der Waals surface area contributed by atoms with Gasteiger partial charge >= 0.3 is 0 Å². The maximum Gasteiger partial charge on any atom is 0.252 e. The molecule has 0 aliphatic rings. The topological polar surface area (TPSA) is 84.7 Å². The second-order valence-corrected chi connectivity index (χ2v) is 4.38. The van der Waals surface area contributed by atoms with Crippen LogP contribution in [0.3, 0.4) is 0 Å². The zero-order valence-corrected chi connectivity index (χ0v) is 11.6. The fourth-order valence-electron chi connectivity index (χ4n) is 1.58. The molecule has 3 N–H and O–H groups in total. The molecule has 2 amide bonds. The smallest absolute Gasteiger partial charge is 0.252 e. The molecule has 0 spiro atoms. The third-order valence-electron chi connectivity index (χ3n) is 2.65. The molecule has 1 aromatic rings. The lowest BCUT2D eigenvalue weighted by Crippen LogP contribution is -2.44. The molecule has 1 unspecified atom stereocenters. The summed E-state index contributed by atoms with van der Waals surface area (Å²) in [6, 6.07) is 4.12. The fraction of sp³-hybridized carbons (Fsp3) is 0.385. The Morgan fingerprint density at radius 2 is 2.00 bits per heavy atom. The maximum atomic E-state index is 12.0. The Labute approximate surface area is 112 Å². The van der Waals surface area contributed by atoms with Crippen molar-refractivity contribution in [3.63, 3.8) is 0 Å². The summed E-state index contributed by atoms with van der Waals surface area (Å²) in [6.45, 7) is 1.63. The Bertz CT molecular complexity index is 486. The highest BCUT2D eigenvalue weighted by molar-refractivity contribution is 5.98. The molecule has 0 heterocycles. The van der Waals surface area contributed by atoms with E-state index in [-0.39, 0.29) is 11.8 Å². The minimum atomic E-state index is -0.592.